The molecule has 0 fully saturated rings. The number of rotatable bonds is 4. The Labute approximate surface area is 106 Å². The molecule has 0 bridgehead atoms. The van der Waals surface area contributed by atoms with Gasteiger partial charge in [0.15, 0.2) is 0 Å². The first-order chi connectivity index (χ1) is 8.70. The number of hydrogen-bond acceptors (Lipinski definition) is 2. The smallest absolute Gasteiger partial charge is 0.307 e. The van der Waals surface area contributed by atoms with Crippen LogP contribution in [0.5, 0.6) is 5.75 Å². The van der Waals surface area contributed by atoms with Crippen molar-refractivity contribution in [2.24, 2.45) is 0 Å². The average molecular weight is 242 g/mol. The normalized spacial score (nSPS) is 10.1. The van der Waals surface area contributed by atoms with Crippen LogP contribution in [0.15, 0.2) is 48.5 Å². The fraction of sp³-hybridized carbons (Fsp3) is 0.133. The van der Waals surface area contributed by atoms with Gasteiger partial charge in [-0.25, -0.2) is 0 Å². The molecule has 0 heterocycles. The number of benzene rings is 2. The van der Waals surface area contributed by atoms with Crippen molar-refractivity contribution in [3.8, 4) is 16.9 Å². The Morgan fingerprint density at radius 1 is 1.17 bits per heavy atom. The monoisotopic (exact) mass is 242 g/mol. The third kappa shape index (κ3) is 2.69. The molecule has 0 aliphatic heterocycles. The highest BCUT2D eigenvalue weighted by Crippen LogP contribution is 2.27. The molecule has 0 spiro atoms. The van der Waals surface area contributed by atoms with Crippen LogP contribution in [0.4, 0.5) is 0 Å². The maximum atomic E-state index is 10.9. The Kier molecular flexibility index (Phi) is 3.63. The van der Waals surface area contributed by atoms with Crippen molar-refractivity contribution in [1.29, 1.82) is 0 Å². The Morgan fingerprint density at radius 2 is 1.94 bits per heavy atom. The molecule has 0 aliphatic carbocycles. The molecule has 2 aromatic carbocycles. The summed E-state index contributed by atoms with van der Waals surface area (Å²) in [5.41, 5.74) is 2.70. The third-order valence-electron chi connectivity index (χ3n) is 2.74. The van der Waals surface area contributed by atoms with Crippen molar-refractivity contribution in [3.63, 3.8) is 0 Å². The quantitative estimate of drug-likeness (QED) is 0.896. The van der Waals surface area contributed by atoms with E-state index in [1.807, 2.05) is 48.5 Å². The van der Waals surface area contributed by atoms with Gasteiger partial charge in [0.05, 0.1) is 13.5 Å². The van der Waals surface area contributed by atoms with Crippen LogP contribution in [0.1, 0.15) is 5.56 Å². The number of methoxy groups -OCH3 is 1. The fourth-order valence-corrected chi connectivity index (χ4v) is 1.91. The molecule has 1 N–H and O–H groups in total. The van der Waals surface area contributed by atoms with E-state index < -0.39 is 5.97 Å². The van der Waals surface area contributed by atoms with Gasteiger partial charge in [0.25, 0.3) is 0 Å². The number of carboxylic acids is 1. The van der Waals surface area contributed by atoms with Crippen molar-refractivity contribution in [2.75, 3.05) is 7.11 Å². The second-order valence-electron chi connectivity index (χ2n) is 3.96. The molecule has 0 radical (unpaired) electrons. The van der Waals surface area contributed by atoms with Gasteiger partial charge < -0.3 is 9.84 Å². The first kappa shape index (κ1) is 12.2. The molecule has 3 heteroatoms. The predicted molar refractivity (Wildman–Crippen MR) is 69.8 cm³/mol. The van der Waals surface area contributed by atoms with Crippen molar-refractivity contribution in [1.82, 2.24) is 0 Å². The third-order valence-corrected chi connectivity index (χ3v) is 2.74. The van der Waals surface area contributed by atoms with Gasteiger partial charge in [0, 0.05) is 0 Å². The summed E-state index contributed by atoms with van der Waals surface area (Å²) in [6.07, 6.45) is 0.0212. The summed E-state index contributed by atoms with van der Waals surface area (Å²) in [4.78, 5) is 10.9. The Hall–Kier alpha value is -2.29. The molecule has 2 rings (SSSR count). The van der Waals surface area contributed by atoms with Crippen molar-refractivity contribution < 1.29 is 14.6 Å². The Bertz CT molecular complexity index is 561. The molecule has 0 saturated carbocycles. The first-order valence-electron chi connectivity index (χ1n) is 5.65. The van der Waals surface area contributed by atoms with Gasteiger partial charge in [-0.2, -0.15) is 0 Å². The van der Waals surface area contributed by atoms with E-state index in [4.69, 9.17) is 9.84 Å². The minimum atomic E-state index is -0.828. The maximum absolute atomic E-state index is 10.9. The van der Waals surface area contributed by atoms with Gasteiger partial charge in [-0.1, -0.05) is 36.4 Å². The number of hydrogen-bond donors (Lipinski definition) is 1. The van der Waals surface area contributed by atoms with E-state index in [0.717, 1.165) is 22.4 Å². The van der Waals surface area contributed by atoms with Crippen LogP contribution in [-0.2, 0) is 11.2 Å². The van der Waals surface area contributed by atoms with Crippen LogP contribution in [0, 0.1) is 0 Å². The van der Waals surface area contributed by atoms with E-state index in [0.29, 0.717) is 0 Å². The fourth-order valence-electron chi connectivity index (χ4n) is 1.91. The molecular weight excluding hydrogens is 228 g/mol. The van der Waals surface area contributed by atoms with E-state index in [1.54, 1.807) is 7.11 Å². The molecule has 0 saturated heterocycles. The summed E-state index contributed by atoms with van der Waals surface area (Å²) in [6.45, 7) is 0. The van der Waals surface area contributed by atoms with Crippen molar-refractivity contribution in [2.45, 2.75) is 6.42 Å². The Balaban J connectivity index is 2.45. The SMILES string of the molecule is COc1cccc(-c2ccccc2CC(=O)O)c1. The lowest BCUT2D eigenvalue weighted by Crippen LogP contribution is -2.01. The summed E-state index contributed by atoms with van der Waals surface area (Å²) in [7, 11) is 1.61. The summed E-state index contributed by atoms with van der Waals surface area (Å²) < 4.78 is 5.18. The highest BCUT2D eigenvalue weighted by atomic mass is 16.5. The second kappa shape index (κ2) is 5.36. The molecule has 3 nitrogen and oxygen atoms in total. The second-order valence-corrected chi connectivity index (χ2v) is 3.96. The van der Waals surface area contributed by atoms with Gasteiger partial charge in [0.2, 0.25) is 0 Å². The van der Waals surface area contributed by atoms with Crippen LogP contribution >= 0.6 is 0 Å². The minimum Gasteiger partial charge on any atom is -0.497 e. The lowest BCUT2D eigenvalue weighted by atomic mass is 9.97. The highest BCUT2D eigenvalue weighted by Gasteiger charge is 2.08. The molecule has 0 atom stereocenters. The lowest BCUT2D eigenvalue weighted by Gasteiger charge is -2.09. The number of carbonyl (C=O) groups is 1. The molecule has 0 aliphatic rings. The zero-order valence-corrected chi connectivity index (χ0v) is 10.1. The Morgan fingerprint density at radius 3 is 2.67 bits per heavy atom. The molecule has 2 aromatic rings. The average Bonchev–Trinajstić information content (AvgIpc) is 2.39. The minimum absolute atomic E-state index is 0.0212. The largest absolute Gasteiger partial charge is 0.497 e. The van der Waals surface area contributed by atoms with Gasteiger partial charge in [-0.05, 0) is 28.8 Å². The van der Waals surface area contributed by atoms with Crippen LogP contribution in [0.25, 0.3) is 11.1 Å². The van der Waals surface area contributed by atoms with Gasteiger partial charge in [-0.15, -0.1) is 0 Å². The summed E-state index contributed by atoms with van der Waals surface area (Å²) in [6, 6.07) is 15.1. The van der Waals surface area contributed by atoms with Crippen LogP contribution < -0.4 is 4.74 Å². The standard InChI is InChI=1S/C15H14O3/c1-18-13-7-4-6-11(9-13)14-8-3-2-5-12(14)10-15(16)17/h2-9H,10H2,1H3,(H,16,17). The van der Waals surface area contributed by atoms with Crippen molar-refractivity contribution in [3.05, 3.63) is 54.1 Å². The van der Waals surface area contributed by atoms with Crippen LogP contribution in [0.3, 0.4) is 0 Å². The van der Waals surface area contributed by atoms with E-state index >= 15 is 0 Å². The maximum Gasteiger partial charge on any atom is 0.307 e. The summed E-state index contributed by atoms with van der Waals surface area (Å²) in [5.74, 6) is -0.0667. The highest BCUT2D eigenvalue weighted by molar-refractivity contribution is 5.77. The molecule has 18 heavy (non-hydrogen) atoms. The molecule has 92 valence electrons. The van der Waals surface area contributed by atoms with Crippen LogP contribution in [-0.4, -0.2) is 18.2 Å². The molecular formula is C15H14O3. The van der Waals surface area contributed by atoms with Crippen molar-refractivity contribution >= 4 is 5.97 Å². The summed E-state index contributed by atoms with van der Waals surface area (Å²) >= 11 is 0. The van der Waals surface area contributed by atoms with Gasteiger partial charge in [-0.3, -0.25) is 4.79 Å². The lowest BCUT2D eigenvalue weighted by molar-refractivity contribution is -0.136. The van der Waals surface area contributed by atoms with Gasteiger partial charge in [0.1, 0.15) is 5.75 Å². The molecule has 0 unspecified atom stereocenters. The van der Waals surface area contributed by atoms with E-state index in [2.05, 4.69) is 0 Å². The number of aliphatic carboxylic acids is 1. The topological polar surface area (TPSA) is 46.5 Å². The summed E-state index contributed by atoms with van der Waals surface area (Å²) in [5, 5.41) is 8.91. The zero-order valence-electron chi connectivity index (χ0n) is 10.1. The van der Waals surface area contributed by atoms with E-state index in [9.17, 15) is 4.79 Å². The predicted octanol–water partition coefficient (Wildman–Crippen LogP) is 2.99. The number of carboxylic acid groups (broad SMARTS) is 1. The van der Waals surface area contributed by atoms with E-state index in [1.165, 1.54) is 0 Å². The van der Waals surface area contributed by atoms with Gasteiger partial charge >= 0.3 is 5.97 Å². The molecule has 0 amide bonds. The number of ether oxygens (including phenoxy) is 1. The van der Waals surface area contributed by atoms with E-state index in [-0.39, 0.29) is 6.42 Å². The molecule has 0 aromatic heterocycles. The zero-order chi connectivity index (χ0) is 13.0. The first-order valence-corrected chi connectivity index (χ1v) is 5.65. The van der Waals surface area contributed by atoms with Crippen LogP contribution in [0.2, 0.25) is 0 Å².